The minimum absolute atomic E-state index is 0. The Morgan fingerprint density at radius 1 is 0.591 bits per heavy atom. The molecular weight excluding hydrogens is 483 g/mol. The van der Waals surface area contributed by atoms with Gasteiger partial charge >= 0.3 is 44.9 Å². The number of aliphatic carboxylic acids is 4. The molecule has 2 saturated carbocycles. The SMILES string of the molecule is O=C(O)C1(C(=O)O)CC1.O=C(O)C1(C(=O)O)CCC1.[NH2-].[NH2-].[Pt+2]. The first-order valence-corrected chi connectivity index (χ1v) is 5.63. The molecule has 2 aliphatic rings. The van der Waals surface area contributed by atoms with Crippen molar-refractivity contribution in [2.45, 2.75) is 32.1 Å². The molecule has 0 unspecified atom stereocenters. The van der Waals surface area contributed by atoms with Crippen LogP contribution in [-0.4, -0.2) is 44.3 Å². The van der Waals surface area contributed by atoms with Gasteiger partial charge in [-0.2, -0.15) is 0 Å². The van der Waals surface area contributed by atoms with Gasteiger partial charge in [0.05, 0.1) is 0 Å². The van der Waals surface area contributed by atoms with Crippen LogP contribution in [-0.2, 0) is 40.2 Å². The van der Waals surface area contributed by atoms with Gasteiger partial charge in [0.2, 0.25) is 0 Å². The van der Waals surface area contributed by atoms with Gasteiger partial charge in [-0.1, -0.05) is 0 Å². The summed E-state index contributed by atoms with van der Waals surface area (Å²) >= 11 is 0. The Morgan fingerprint density at radius 2 is 0.818 bits per heavy atom. The van der Waals surface area contributed by atoms with Crippen molar-refractivity contribution in [1.82, 2.24) is 0 Å². The minimum Gasteiger partial charge on any atom is -0.693 e. The van der Waals surface area contributed by atoms with Crippen LogP contribution in [0, 0.1) is 10.8 Å². The van der Waals surface area contributed by atoms with Gasteiger partial charge in [0.1, 0.15) is 0 Å². The Hall–Kier alpha value is -1.51. The number of carboxylic acid groups (broad SMARTS) is 4. The van der Waals surface area contributed by atoms with Gasteiger partial charge in [-0.25, -0.2) is 0 Å². The molecule has 0 radical (unpaired) electrons. The normalized spacial score (nSPS) is 18.2. The number of hydrogen-bond acceptors (Lipinski definition) is 4. The molecule has 0 aromatic heterocycles. The van der Waals surface area contributed by atoms with Crippen molar-refractivity contribution in [3.05, 3.63) is 12.3 Å². The van der Waals surface area contributed by atoms with Crippen LogP contribution in [0.15, 0.2) is 0 Å². The summed E-state index contributed by atoms with van der Waals surface area (Å²) in [5.41, 5.74) is -2.86. The topological polar surface area (TPSA) is 216 Å². The second-order valence-electron chi connectivity index (χ2n) is 4.74. The zero-order valence-electron chi connectivity index (χ0n) is 11.4. The predicted octanol–water partition coefficient (Wildman–Crippen LogP) is 1.69. The van der Waals surface area contributed by atoms with Crippen LogP contribution in [0.1, 0.15) is 32.1 Å². The Labute approximate surface area is 140 Å². The zero-order chi connectivity index (χ0) is 14.8. The molecule has 2 aliphatic carbocycles. The summed E-state index contributed by atoms with van der Waals surface area (Å²) in [6.07, 6.45) is 1.81. The van der Waals surface area contributed by atoms with E-state index in [1.165, 1.54) is 0 Å². The van der Waals surface area contributed by atoms with E-state index < -0.39 is 34.7 Å². The third-order valence-corrected chi connectivity index (χ3v) is 3.59. The molecule has 0 bridgehead atoms. The molecule has 0 aliphatic heterocycles. The van der Waals surface area contributed by atoms with Crippen molar-refractivity contribution in [2.24, 2.45) is 10.8 Å². The molecular formula is C11H18N2O8Pt. The molecule has 11 heteroatoms. The van der Waals surface area contributed by atoms with Gasteiger partial charge in [-0.15, -0.1) is 0 Å². The molecule has 0 saturated heterocycles. The monoisotopic (exact) mass is 501 g/mol. The van der Waals surface area contributed by atoms with Crippen molar-refractivity contribution in [3.63, 3.8) is 0 Å². The molecule has 0 aromatic carbocycles. The maximum absolute atomic E-state index is 10.4. The average molecular weight is 501 g/mol. The molecule has 130 valence electrons. The summed E-state index contributed by atoms with van der Waals surface area (Å²) in [4.78, 5) is 41.0. The van der Waals surface area contributed by atoms with Crippen molar-refractivity contribution >= 4 is 23.9 Å². The average Bonchev–Trinajstić information content (AvgIpc) is 2.94. The number of carbonyl (C=O) groups is 4. The summed E-state index contributed by atoms with van der Waals surface area (Å²) in [5.74, 6) is -4.83. The second kappa shape index (κ2) is 8.82. The van der Waals surface area contributed by atoms with Gasteiger partial charge in [-0.3, -0.25) is 19.2 Å². The summed E-state index contributed by atoms with van der Waals surface area (Å²) < 4.78 is 0. The Morgan fingerprint density at radius 3 is 0.818 bits per heavy atom. The van der Waals surface area contributed by atoms with Crippen LogP contribution in [0.25, 0.3) is 12.3 Å². The Kier molecular flexibility index (Phi) is 10.2. The van der Waals surface area contributed by atoms with Gasteiger partial charge < -0.3 is 32.7 Å². The fourth-order valence-electron chi connectivity index (χ4n) is 1.69. The smallest absolute Gasteiger partial charge is 0.693 e. The minimum atomic E-state index is -1.44. The first-order chi connectivity index (χ1) is 8.69. The van der Waals surface area contributed by atoms with E-state index in [0.29, 0.717) is 6.42 Å². The number of rotatable bonds is 4. The predicted molar refractivity (Wildman–Crippen MR) is 69.1 cm³/mol. The van der Waals surface area contributed by atoms with Crippen LogP contribution < -0.4 is 0 Å². The van der Waals surface area contributed by atoms with Crippen LogP contribution >= 0.6 is 0 Å². The first-order valence-electron chi connectivity index (χ1n) is 5.63. The third kappa shape index (κ3) is 4.49. The van der Waals surface area contributed by atoms with Gasteiger partial charge in [0, 0.05) is 0 Å². The van der Waals surface area contributed by atoms with E-state index in [1.54, 1.807) is 0 Å². The molecule has 10 nitrogen and oxygen atoms in total. The van der Waals surface area contributed by atoms with E-state index >= 15 is 0 Å². The van der Waals surface area contributed by atoms with E-state index in [4.69, 9.17) is 20.4 Å². The maximum atomic E-state index is 10.4. The zero-order valence-corrected chi connectivity index (χ0v) is 13.7. The molecule has 8 N–H and O–H groups in total. The Bertz CT molecular complexity index is 413. The van der Waals surface area contributed by atoms with Crippen LogP contribution in [0.2, 0.25) is 0 Å². The van der Waals surface area contributed by atoms with E-state index in [-0.39, 0.29) is 59.0 Å². The maximum Gasteiger partial charge on any atom is 2.00 e. The number of nitrogens with two attached hydrogens (primary N) is 2. The summed E-state index contributed by atoms with van der Waals surface area (Å²) in [6, 6.07) is 0. The molecule has 0 aromatic rings. The second-order valence-corrected chi connectivity index (χ2v) is 4.74. The number of hydrogen-bond donors (Lipinski definition) is 4. The van der Waals surface area contributed by atoms with Gasteiger partial charge in [0.15, 0.2) is 10.8 Å². The van der Waals surface area contributed by atoms with Crippen molar-refractivity contribution < 1.29 is 60.7 Å². The van der Waals surface area contributed by atoms with Gasteiger partial charge in [-0.05, 0) is 32.1 Å². The van der Waals surface area contributed by atoms with Crippen LogP contribution in [0.5, 0.6) is 0 Å². The quantitative estimate of drug-likeness (QED) is 0.415. The molecule has 0 heterocycles. The van der Waals surface area contributed by atoms with Crippen molar-refractivity contribution in [2.75, 3.05) is 0 Å². The molecule has 0 amide bonds. The van der Waals surface area contributed by atoms with E-state index in [1.807, 2.05) is 0 Å². The van der Waals surface area contributed by atoms with Crippen molar-refractivity contribution in [1.29, 1.82) is 0 Å². The largest absolute Gasteiger partial charge is 2.00 e. The van der Waals surface area contributed by atoms with E-state index in [2.05, 4.69) is 0 Å². The van der Waals surface area contributed by atoms with E-state index in [9.17, 15) is 19.2 Å². The van der Waals surface area contributed by atoms with E-state index in [0.717, 1.165) is 0 Å². The standard InChI is InChI=1S/C6H8O4.C5H6O4.2H2N.Pt/c7-4(8)6(5(9)10)2-1-3-6;6-3(7)5(1-2-5)4(8)9;;;/h1-3H2,(H,7,8)(H,9,10);1-2H2,(H,6,7)(H,8,9);2*1H2;/q;;2*-1;+2. The third-order valence-electron chi connectivity index (χ3n) is 3.59. The van der Waals surface area contributed by atoms with Gasteiger partial charge in [0.25, 0.3) is 0 Å². The molecule has 22 heavy (non-hydrogen) atoms. The van der Waals surface area contributed by atoms with Crippen LogP contribution in [0.3, 0.4) is 0 Å². The van der Waals surface area contributed by atoms with Crippen molar-refractivity contribution in [3.8, 4) is 0 Å². The first kappa shape index (κ1) is 25.4. The summed E-state index contributed by atoms with van der Waals surface area (Å²) in [7, 11) is 0. The Balaban J connectivity index is -0.000000290. The fraction of sp³-hybridized carbons (Fsp3) is 0.636. The summed E-state index contributed by atoms with van der Waals surface area (Å²) in [5, 5.41) is 33.5. The molecule has 0 atom stereocenters. The summed E-state index contributed by atoms with van der Waals surface area (Å²) in [6.45, 7) is 0. The molecule has 0 spiro atoms. The number of carboxylic acids is 4. The molecule has 2 fully saturated rings. The fourth-order valence-corrected chi connectivity index (χ4v) is 1.69. The van der Waals surface area contributed by atoms with Crippen LogP contribution in [0.4, 0.5) is 0 Å². The molecule has 2 rings (SSSR count).